The summed E-state index contributed by atoms with van der Waals surface area (Å²) in [6.45, 7) is 0. The molecule has 0 radical (unpaired) electrons. The molecular formula is C27H19N. The zero-order chi connectivity index (χ0) is 19.2. The molecule has 4 rings (SSSR count). The molecule has 4 aromatic rings. The maximum atomic E-state index is 9.64. The minimum absolute atomic E-state index is 0.659. The van der Waals surface area contributed by atoms with Gasteiger partial charge in [-0.2, -0.15) is 5.26 Å². The number of allylic oxidation sites excluding steroid dienone is 1. The predicted octanol–water partition coefficient (Wildman–Crippen LogP) is 7.08. The fraction of sp³-hybridized carbons (Fsp3) is 0. The summed E-state index contributed by atoms with van der Waals surface area (Å²) in [6.07, 6.45) is 1.94. The molecule has 0 aliphatic heterocycles. The quantitative estimate of drug-likeness (QED) is 0.283. The highest BCUT2D eigenvalue weighted by Crippen LogP contribution is 2.25. The van der Waals surface area contributed by atoms with Gasteiger partial charge in [0.05, 0.1) is 11.6 Å². The van der Waals surface area contributed by atoms with Crippen molar-refractivity contribution in [2.75, 3.05) is 0 Å². The molecule has 28 heavy (non-hydrogen) atoms. The number of hydrogen-bond donors (Lipinski definition) is 0. The molecule has 0 aliphatic rings. The highest BCUT2D eigenvalue weighted by molar-refractivity contribution is 5.90. The molecule has 0 spiro atoms. The van der Waals surface area contributed by atoms with Crippen molar-refractivity contribution < 1.29 is 0 Å². The van der Waals surface area contributed by atoms with E-state index in [9.17, 15) is 5.26 Å². The van der Waals surface area contributed by atoms with Crippen LogP contribution in [0.15, 0.2) is 109 Å². The molecule has 0 saturated heterocycles. The lowest BCUT2D eigenvalue weighted by Crippen LogP contribution is -1.84. The Morgan fingerprint density at radius 1 is 0.536 bits per heavy atom. The number of rotatable bonds is 4. The van der Waals surface area contributed by atoms with E-state index in [1.165, 1.54) is 16.7 Å². The van der Waals surface area contributed by atoms with Gasteiger partial charge in [-0.15, -0.1) is 0 Å². The smallest absolute Gasteiger partial charge is 0.0998 e. The minimum atomic E-state index is 0.659. The molecule has 0 amide bonds. The maximum absolute atomic E-state index is 9.64. The Kier molecular flexibility index (Phi) is 5.13. The van der Waals surface area contributed by atoms with Crippen molar-refractivity contribution in [1.82, 2.24) is 0 Å². The number of nitriles is 1. The molecule has 0 heterocycles. The summed E-state index contributed by atoms with van der Waals surface area (Å²) in [4.78, 5) is 0. The van der Waals surface area contributed by atoms with Crippen molar-refractivity contribution in [2.45, 2.75) is 0 Å². The first-order chi connectivity index (χ1) is 13.8. The van der Waals surface area contributed by atoms with Crippen molar-refractivity contribution in [3.63, 3.8) is 0 Å². The summed E-state index contributed by atoms with van der Waals surface area (Å²) in [5.74, 6) is 0. The molecule has 0 N–H and O–H groups in total. The first-order valence-corrected chi connectivity index (χ1v) is 9.27. The van der Waals surface area contributed by atoms with Crippen molar-refractivity contribution >= 4 is 11.6 Å². The monoisotopic (exact) mass is 357 g/mol. The molecule has 0 bridgehead atoms. The topological polar surface area (TPSA) is 23.8 Å². The van der Waals surface area contributed by atoms with Crippen LogP contribution in [-0.2, 0) is 0 Å². The van der Waals surface area contributed by atoms with Crippen LogP contribution in [0.1, 0.15) is 11.1 Å². The Bertz CT molecular complexity index is 1120. The van der Waals surface area contributed by atoms with E-state index in [1.807, 2.05) is 54.6 Å². The summed E-state index contributed by atoms with van der Waals surface area (Å²) in [5.41, 5.74) is 7.28. The van der Waals surface area contributed by atoms with E-state index < -0.39 is 0 Å². The van der Waals surface area contributed by atoms with Gasteiger partial charge in [-0.3, -0.25) is 0 Å². The molecule has 0 aromatic heterocycles. The van der Waals surface area contributed by atoms with E-state index in [-0.39, 0.29) is 0 Å². The first-order valence-electron chi connectivity index (χ1n) is 9.27. The fourth-order valence-electron chi connectivity index (χ4n) is 3.22. The van der Waals surface area contributed by atoms with Crippen molar-refractivity contribution in [2.24, 2.45) is 0 Å². The molecule has 132 valence electrons. The normalized spacial score (nSPS) is 11.0. The lowest BCUT2D eigenvalue weighted by Gasteiger charge is -2.05. The summed E-state index contributed by atoms with van der Waals surface area (Å²) >= 11 is 0. The van der Waals surface area contributed by atoms with Gasteiger partial charge in [-0.05, 0) is 39.5 Å². The van der Waals surface area contributed by atoms with Crippen LogP contribution in [0.2, 0.25) is 0 Å². The largest absolute Gasteiger partial charge is 0.192 e. The summed E-state index contributed by atoms with van der Waals surface area (Å²) in [5, 5.41) is 9.64. The standard InChI is InChI=1S/C27H19N/c28-20-27(26-17-15-25(16-18-26)23-9-5-2-6-10-23)19-21-11-13-24(14-12-21)22-7-3-1-4-8-22/h1-19H/b27-19-. The highest BCUT2D eigenvalue weighted by Gasteiger charge is 2.03. The molecule has 0 unspecified atom stereocenters. The van der Waals surface area contributed by atoms with Crippen LogP contribution in [0.25, 0.3) is 33.9 Å². The van der Waals surface area contributed by atoms with Crippen molar-refractivity contribution in [3.05, 3.63) is 120 Å². The molecule has 1 nitrogen and oxygen atoms in total. The molecule has 0 atom stereocenters. The summed E-state index contributed by atoms with van der Waals surface area (Å²) < 4.78 is 0. The highest BCUT2D eigenvalue weighted by atomic mass is 14.2. The zero-order valence-electron chi connectivity index (χ0n) is 15.4. The van der Waals surface area contributed by atoms with Crippen molar-refractivity contribution in [1.29, 1.82) is 5.26 Å². The second-order valence-electron chi connectivity index (χ2n) is 6.60. The zero-order valence-corrected chi connectivity index (χ0v) is 15.4. The van der Waals surface area contributed by atoms with Gasteiger partial charge in [0.2, 0.25) is 0 Å². The Morgan fingerprint density at radius 2 is 0.964 bits per heavy atom. The van der Waals surface area contributed by atoms with E-state index >= 15 is 0 Å². The van der Waals surface area contributed by atoms with Gasteiger partial charge in [0.15, 0.2) is 0 Å². The predicted molar refractivity (Wildman–Crippen MR) is 117 cm³/mol. The molecule has 0 aliphatic carbocycles. The maximum Gasteiger partial charge on any atom is 0.0998 e. The third kappa shape index (κ3) is 3.92. The minimum Gasteiger partial charge on any atom is -0.192 e. The van der Waals surface area contributed by atoms with Gasteiger partial charge < -0.3 is 0 Å². The second kappa shape index (κ2) is 8.20. The number of benzene rings is 4. The summed E-state index contributed by atoms with van der Waals surface area (Å²) in [7, 11) is 0. The van der Waals surface area contributed by atoms with E-state index in [4.69, 9.17) is 0 Å². The molecule has 1 heteroatoms. The van der Waals surface area contributed by atoms with Crippen LogP contribution >= 0.6 is 0 Å². The Morgan fingerprint density at radius 3 is 1.43 bits per heavy atom. The van der Waals surface area contributed by atoms with Gasteiger partial charge in [-0.25, -0.2) is 0 Å². The van der Waals surface area contributed by atoms with E-state index in [0.717, 1.165) is 16.7 Å². The van der Waals surface area contributed by atoms with Gasteiger partial charge >= 0.3 is 0 Å². The van der Waals surface area contributed by atoms with Crippen LogP contribution < -0.4 is 0 Å². The summed E-state index contributed by atoms with van der Waals surface area (Å²) in [6, 6.07) is 39.3. The van der Waals surface area contributed by atoms with Crippen molar-refractivity contribution in [3.8, 4) is 28.3 Å². The third-order valence-electron chi connectivity index (χ3n) is 4.75. The SMILES string of the molecule is N#C/C(=C/c1ccc(-c2ccccc2)cc1)c1ccc(-c2ccccc2)cc1. The van der Waals surface area contributed by atoms with Gasteiger partial charge in [-0.1, -0.05) is 109 Å². The average Bonchev–Trinajstić information content (AvgIpc) is 2.79. The van der Waals surface area contributed by atoms with E-state index in [1.54, 1.807) is 0 Å². The van der Waals surface area contributed by atoms with E-state index in [0.29, 0.717) is 5.57 Å². The number of hydrogen-bond acceptors (Lipinski definition) is 1. The molecule has 0 saturated carbocycles. The van der Waals surface area contributed by atoms with Crippen LogP contribution in [0.3, 0.4) is 0 Å². The fourth-order valence-corrected chi connectivity index (χ4v) is 3.22. The Hall–Kier alpha value is -3.89. The van der Waals surface area contributed by atoms with Gasteiger partial charge in [0.1, 0.15) is 0 Å². The Balaban J connectivity index is 1.58. The Labute approximate surface area is 165 Å². The first kappa shape index (κ1) is 17.5. The van der Waals surface area contributed by atoms with E-state index in [2.05, 4.69) is 66.7 Å². The van der Waals surface area contributed by atoms with Gasteiger partial charge in [0, 0.05) is 0 Å². The average molecular weight is 357 g/mol. The molecular weight excluding hydrogens is 338 g/mol. The van der Waals surface area contributed by atoms with Crippen LogP contribution in [0.4, 0.5) is 0 Å². The third-order valence-corrected chi connectivity index (χ3v) is 4.75. The van der Waals surface area contributed by atoms with Crippen LogP contribution in [0.5, 0.6) is 0 Å². The lowest BCUT2D eigenvalue weighted by molar-refractivity contribution is 1.52. The molecule has 4 aromatic carbocycles. The molecule has 0 fully saturated rings. The second-order valence-corrected chi connectivity index (χ2v) is 6.60. The van der Waals surface area contributed by atoms with Crippen LogP contribution in [-0.4, -0.2) is 0 Å². The van der Waals surface area contributed by atoms with Crippen LogP contribution in [0, 0.1) is 11.3 Å². The lowest BCUT2D eigenvalue weighted by atomic mass is 9.98. The van der Waals surface area contributed by atoms with Gasteiger partial charge in [0.25, 0.3) is 0 Å². The number of nitrogens with zero attached hydrogens (tertiary/aromatic N) is 1.